The second kappa shape index (κ2) is 16.1. The van der Waals surface area contributed by atoms with Crippen molar-refractivity contribution in [1.82, 2.24) is 4.98 Å². The molecule has 25 heavy (non-hydrogen) atoms. The van der Waals surface area contributed by atoms with Crippen LogP contribution in [-0.2, 0) is 17.8 Å². The van der Waals surface area contributed by atoms with Crippen LogP contribution in [0.15, 0.2) is 30.0 Å². The number of aromatic nitrogens is 2. The van der Waals surface area contributed by atoms with Crippen molar-refractivity contribution < 1.29 is 19.2 Å². The molecule has 0 atom stereocenters. The number of rotatable bonds is 8. The van der Waals surface area contributed by atoms with Gasteiger partial charge in [-0.05, 0) is 25.4 Å². The number of thioether (sulfide) groups is 1. The van der Waals surface area contributed by atoms with Gasteiger partial charge in [0.15, 0.2) is 18.7 Å². The fourth-order valence-electron chi connectivity index (χ4n) is 1.84. The Morgan fingerprint density at radius 3 is 2.52 bits per heavy atom. The van der Waals surface area contributed by atoms with Gasteiger partial charge in [-0.3, -0.25) is 4.79 Å². The number of hydrogen-bond donors (Lipinski definition) is 1. The standard InChI is InChI=1S/C10H14NO2.C7H11NS2.CH4O/c1-2-5-11-6-3-10(4-7-11)13-9-8-12;1-6-7(3-4-9-2)10-5-8-6;1-2/h3-4,6-8H,2,5,9H2,1H3;5H,3-4H2,1-2H3;2H,1H3/q+1;;. The zero-order chi connectivity index (χ0) is 18.9. The summed E-state index contributed by atoms with van der Waals surface area (Å²) >= 11 is 3.65. The molecule has 0 aliphatic rings. The van der Waals surface area contributed by atoms with Crippen molar-refractivity contribution in [1.29, 1.82) is 0 Å². The smallest absolute Gasteiger partial charge is 0.172 e. The minimum absolute atomic E-state index is 0.123. The highest BCUT2D eigenvalue weighted by atomic mass is 32.2. The van der Waals surface area contributed by atoms with Crippen LogP contribution in [0.4, 0.5) is 0 Å². The summed E-state index contributed by atoms with van der Waals surface area (Å²) in [6, 6.07) is 3.72. The predicted octanol–water partition coefficient (Wildman–Crippen LogP) is 2.93. The van der Waals surface area contributed by atoms with Crippen LogP contribution in [0, 0.1) is 6.92 Å². The van der Waals surface area contributed by atoms with Gasteiger partial charge >= 0.3 is 0 Å². The van der Waals surface area contributed by atoms with Crippen LogP contribution in [0.2, 0.25) is 0 Å². The molecule has 5 nitrogen and oxygen atoms in total. The van der Waals surface area contributed by atoms with Gasteiger partial charge in [0.05, 0.1) is 11.2 Å². The maximum atomic E-state index is 10.0. The van der Waals surface area contributed by atoms with Crippen molar-refractivity contribution in [3.05, 3.63) is 40.6 Å². The van der Waals surface area contributed by atoms with Crippen molar-refractivity contribution in [3.63, 3.8) is 0 Å². The van der Waals surface area contributed by atoms with Gasteiger partial charge in [-0.15, -0.1) is 11.3 Å². The maximum Gasteiger partial charge on any atom is 0.172 e. The first-order valence-electron chi connectivity index (χ1n) is 8.09. The Morgan fingerprint density at radius 1 is 1.36 bits per heavy atom. The molecule has 140 valence electrons. The fourth-order valence-corrected chi connectivity index (χ4v) is 3.16. The Labute approximate surface area is 159 Å². The van der Waals surface area contributed by atoms with E-state index in [4.69, 9.17) is 9.84 Å². The van der Waals surface area contributed by atoms with Crippen molar-refractivity contribution >= 4 is 29.4 Å². The third-order valence-electron chi connectivity index (χ3n) is 3.04. The quantitative estimate of drug-likeness (QED) is 0.559. The number of carbonyl (C=O) groups is 1. The highest BCUT2D eigenvalue weighted by molar-refractivity contribution is 7.98. The van der Waals surface area contributed by atoms with Gasteiger partial charge in [0.25, 0.3) is 0 Å². The molecule has 7 heteroatoms. The Morgan fingerprint density at radius 2 is 2.04 bits per heavy atom. The molecule has 2 aromatic rings. The molecule has 0 radical (unpaired) electrons. The number of aliphatic hydroxyl groups excluding tert-OH is 1. The largest absolute Gasteiger partial charge is 0.486 e. The Hall–Kier alpha value is -1.44. The average molecular weight is 386 g/mol. The summed E-state index contributed by atoms with van der Waals surface area (Å²) in [6.07, 6.45) is 9.06. The molecule has 0 amide bonds. The van der Waals surface area contributed by atoms with E-state index in [0.717, 1.165) is 32.1 Å². The van der Waals surface area contributed by atoms with Gasteiger partial charge in [-0.25, -0.2) is 9.55 Å². The Balaban J connectivity index is 0.000000430. The first-order chi connectivity index (χ1) is 12.2. The molecule has 2 heterocycles. The van der Waals surface area contributed by atoms with Crippen LogP contribution < -0.4 is 9.30 Å². The van der Waals surface area contributed by atoms with E-state index in [1.807, 2.05) is 41.8 Å². The number of ether oxygens (including phenoxy) is 1. The fraction of sp³-hybridized carbons (Fsp3) is 0.500. The highest BCUT2D eigenvalue weighted by Crippen LogP contribution is 2.14. The van der Waals surface area contributed by atoms with Crippen LogP contribution in [0.5, 0.6) is 5.75 Å². The summed E-state index contributed by atoms with van der Waals surface area (Å²) < 4.78 is 7.18. The lowest BCUT2D eigenvalue weighted by molar-refractivity contribution is -0.697. The molecule has 0 spiro atoms. The number of carbonyl (C=O) groups excluding carboxylic acids is 1. The molecule has 2 aromatic heterocycles. The van der Waals surface area contributed by atoms with Crippen LogP contribution in [0.1, 0.15) is 23.9 Å². The number of thiazole rings is 1. The molecule has 0 fully saturated rings. The molecule has 2 rings (SSSR count). The van der Waals surface area contributed by atoms with E-state index in [1.54, 1.807) is 11.3 Å². The average Bonchev–Trinajstić information content (AvgIpc) is 3.07. The lowest BCUT2D eigenvalue weighted by Gasteiger charge is -1.99. The number of aryl methyl sites for hydroxylation is 3. The van der Waals surface area contributed by atoms with E-state index in [-0.39, 0.29) is 6.61 Å². The van der Waals surface area contributed by atoms with E-state index < -0.39 is 0 Å². The third kappa shape index (κ3) is 10.9. The summed E-state index contributed by atoms with van der Waals surface area (Å²) in [4.78, 5) is 15.6. The third-order valence-corrected chi connectivity index (χ3v) is 4.65. The van der Waals surface area contributed by atoms with Crippen molar-refractivity contribution in [2.45, 2.75) is 33.2 Å². The van der Waals surface area contributed by atoms with Gasteiger partial charge < -0.3 is 9.84 Å². The van der Waals surface area contributed by atoms with Gasteiger partial charge in [-0.2, -0.15) is 11.8 Å². The molecule has 0 aliphatic carbocycles. The van der Waals surface area contributed by atoms with Crippen molar-refractivity contribution in [3.8, 4) is 5.75 Å². The lowest BCUT2D eigenvalue weighted by atomic mass is 10.3. The topological polar surface area (TPSA) is 63.3 Å². The van der Waals surface area contributed by atoms with Gasteiger partial charge in [-0.1, -0.05) is 6.92 Å². The second-order valence-corrected chi connectivity index (χ2v) is 6.78. The molecular formula is C18H29N2O3S2+. The molecule has 0 aromatic carbocycles. The SMILES string of the molecule is CCC[n+]1ccc(OCC=O)cc1.CO.CSCCc1scnc1C. The zero-order valence-electron chi connectivity index (χ0n) is 15.5. The Kier molecular flexibility index (Phi) is 15.1. The van der Waals surface area contributed by atoms with Crippen LogP contribution in [-0.4, -0.2) is 42.1 Å². The first-order valence-corrected chi connectivity index (χ1v) is 10.4. The van der Waals surface area contributed by atoms with Crippen LogP contribution in [0.3, 0.4) is 0 Å². The van der Waals surface area contributed by atoms with E-state index in [9.17, 15) is 4.79 Å². The molecule has 0 saturated heterocycles. The summed E-state index contributed by atoms with van der Waals surface area (Å²) in [6.45, 7) is 5.34. The number of aldehydes is 1. The van der Waals surface area contributed by atoms with E-state index in [2.05, 4.69) is 29.7 Å². The van der Waals surface area contributed by atoms with Crippen LogP contribution >= 0.6 is 23.1 Å². The van der Waals surface area contributed by atoms with Crippen molar-refractivity contribution in [2.24, 2.45) is 0 Å². The van der Waals surface area contributed by atoms with Gasteiger partial charge in [0.2, 0.25) is 0 Å². The summed E-state index contributed by atoms with van der Waals surface area (Å²) in [7, 11) is 1.00. The number of hydrogen-bond acceptors (Lipinski definition) is 6. The maximum absolute atomic E-state index is 10.0. The molecule has 0 bridgehead atoms. The van der Waals surface area contributed by atoms with Crippen molar-refractivity contribution in [2.75, 3.05) is 25.7 Å². The van der Waals surface area contributed by atoms with Gasteiger partial charge in [0.1, 0.15) is 18.9 Å². The van der Waals surface area contributed by atoms with E-state index in [1.165, 1.54) is 22.7 Å². The first kappa shape index (κ1) is 23.6. The summed E-state index contributed by atoms with van der Waals surface area (Å²) in [5, 5.41) is 7.00. The number of nitrogens with zero attached hydrogens (tertiary/aromatic N) is 2. The highest BCUT2D eigenvalue weighted by Gasteiger charge is 1.99. The number of aliphatic hydroxyl groups is 1. The second-order valence-electron chi connectivity index (χ2n) is 4.85. The minimum atomic E-state index is 0.123. The summed E-state index contributed by atoms with van der Waals surface area (Å²) in [5.41, 5.74) is 3.13. The predicted molar refractivity (Wildman–Crippen MR) is 106 cm³/mol. The molecule has 0 aliphatic heterocycles. The molecule has 0 saturated carbocycles. The van der Waals surface area contributed by atoms with Gasteiger partial charge in [0, 0.05) is 30.5 Å². The van der Waals surface area contributed by atoms with E-state index in [0.29, 0.717) is 0 Å². The normalized spacial score (nSPS) is 9.32. The Bertz CT molecular complexity index is 560. The zero-order valence-corrected chi connectivity index (χ0v) is 17.1. The van der Waals surface area contributed by atoms with E-state index >= 15 is 0 Å². The molecule has 1 N–H and O–H groups in total. The minimum Gasteiger partial charge on any atom is -0.486 e. The van der Waals surface area contributed by atoms with Crippen LogP contribution in [0.25, 0.3) is 0 Å². The summed E-state index contributed by atoms with van der Waals surface area (Å²) in [5.74, 6) is 1.95. The number of pyridine rings is 1. The monoisotopic (exact) mass is 385 g/mol. The lowest BCUT2D eigenvalue weighted by Crippen LogP contribution is -2.31. The molecule has 0 unspecified atom stereocenters. The molecular weight excluding hydrogens is 356 g/mol.